The van der Waals surface area contributed by atoms with Crippen molar-refractivity contribution in [3.63, 3.8) is 0 Å². The molecule has 30 heavy (non-hydrogen) atoms. The summed E-state index contributed by atoms with van der Waals surface area (Å²) >= 11 is 0. The Hall–Kier alpha value is -3.67. The lowest BCUT2D eigenvalue weighted by atomic mass is 10.1. The van der Waals surface area contributed by atoms with Gasteiger partial charge in [-0.25, -0.2) is 9.59 Å². The smallest absolute Gasteiger partial charge is 0.343 e. The van der Waals surface area contributed by atoms with Crippen molar-refractivity contribution in [2.45, 2.75) is 19.3 Å². The summed E-state index contributed by atoms with van der Waals surface area (Å²) in [5.41, 5.74) is 0.863. The van der Waals surface area contributed by atoms with Gasteiger partial charge < -0.3 is 14.2 Å². The van der Waals surface area contributed by atoms with Crippen molar-refractivity contribution in [1.29, 1.82) is 0 Å². The number of carbonyl (C=O) groups excluding carboxylic acids is 3. The minimum atomic E-state index is -0.501. The quantitative estimate of drug-likeness (QED) is 0.169. The highest BCUT2D eigenvalue weighted by Crippen LogP contribution is 2.17. The summed E-state index contributed by atoms with van der Waals surface area (Å²) in [4.78, 5) is 34.7. The number of allylic oxidation sites excluding steroid dienone is 1. The Balaban J connectivity index is 1.73. The van der Waals surface area contributed by atoms with E-state index in [2.05, 4.69) is 13.2 Å². The highest BCUT2D eigenvalue weighted by Gasteiger charge is 2.10. The predicted octanol–water partition coefficient (Wildman–Crippen LogP) is 4.55. The Labute approximate surface area is 175 Å². The topological polar surface area (TPSA) is 78.9 Å². The van der Waals surface area contributed by atoms with Crippen LogP contribution in [0.25, 0.3) is 0 Å². The Bertz CT molecular complexity index is 881. The summed E-state index contributed by atoms with van der Waals surface area (Å²) < 4.78 is 15.8. The fourth-order valence-corrected chi connectivity index (χ4v) is 2.46. The number of esters is 2. The summed E-state index contributed by atoms with van der Waals surface area (Å²) in [6.45, 7) is 7.66. The zero-order valence-electron chi connectivity index (χ0n) is 16.7. The normalized spacial score (nSPS) is 10.0. The van der Waals surface area contributed by atoms with Gasteiger partial charge in [0.25, 0.3) is 0 Å². The number of benzene rings is 2. The molecule has 0 amide bonds. The second kappa shape index (κ2) is 12.0. The molecule has 0 fully saturated rings. The molecule has 0 saturated carbocycles. The van der Waals surface area contributed by atoms with Gasteiger partial charge in [0.05, 0.1) is 18.8 Å². The summed E-state index contributed by atoms with van der Waals surface area (Å²) in [6, 6.07) is 12.9. The minimum Gasteiger partial charge on any atom is -0.494 e. The third-order valence-corrected chi connectivity index (χ3v) is 4.09. The molecule has 0 heterocycles. The van der Waals surface area contributed by atoms with E-state index in [0.29, 0.717) is 35.8 Å². The molecule has 2 rings (SSSR count). The number of ether oxygens (including phenoxy) is 3. The van der Waals surface area contributed by atoms with E-state index in [1.807, 2.05) is 0 Å². The molecule has 0 radical (unpaired) electrons. The van der Waals surface area contributed by atoms with Crippen LogP contribution in [0, 0.1) is 0 Å². The van der Waals surface area contributed by atoms with Gasteiger partial charge in [-0.3, -0.25) is 4.79 Å². The molecule has 6 nitrogen and oxygen atoms in total. The van der Waals surface area contributed by atoms with Gasteiger partial charge in [-0.2, -0.15) is 0 Å². The predicted molar refractivity (Wildman–Crippen MR) is 113 cm³/mol. The molecule has 0 aromatic heterocycles. The SMILES string of the molecule is C=CC(=O)OCCCCCOc1ccc(C(=O)Oc2ccc(C(=O)C=C)cc2)cc1. The number of unbranched alkanes of at least 4 members (excludes halogenated alkanes) is 2. The van der Waals surface area contributed by atoms with Crippen LogP contribution in [0.15, 0.2) is 73.8 Å². The zero-order valence-corrected chi connectivity index (χ0v) is 16.7. The summed E-state index contributed by atoms with van der Waals surface area (Å²) in [6.07, 6.45) is 4.82. The first-order chi connectivity index (χ1) is 14.5. The lowest BCUT2D eigenvalue weighted by Gasteiger charge is -2.08. The maximum atomic E-state index is 12.2. The maximum absolute atomic E-state index is 12.2. The average molecular weight is 408 g/mol. The van der Waals surface area contributed by atoms with Crippen LogP contribution >= 0.6 is 0 Å². The van der Waals surface area contributed by atoms with Crippen LogP contribution in [0.3, 0.4) is 0 Å². The van der Waals surface area contributed by atoms with Gasteiger partial charge >= 0.3 is 11.9 Å². The molecule has 0 aliphatic rings. The van der Waals surface area contributed by atoms with Gasteiger partial charge in [0.15, 0.2) is 5.78 Å². The molecule has 0 N–H and O–H groups in total. The van der Waals surface area contributed by atoms with Crippen LogP contribution in [0.5, 0.6) is 11.5 Å². The van der Waals surface area contributed by atoms with E-state index in [-0.39, 0.29) is 5.78 Å². The van der Waals surface area contributed by atoms with E-state index in [4.69, 9.17) is 14.2 Å². The third kappa shape index (κ3) is 7.39. The molecular weight excluding hydrogens is 384 g/mol. The van der Waals surface area contributed by atoms with Crippen LogP contribution in [0.1, 0.15) is 40.0 Å². The van der Waals surface area contributed by atoms with E-state index < -0.39 is 11.9 Å². The molecule has 0 aliphatic heterocycles. The monoisotopic (exact) mass is 408 g/mol. The first-order valence-electron chi connectivity index (χ1n) is 9.54. The Morgan fingerprint density at radius 2 is 1.33 bits per heavy atom. The van der Waals surface area contributed by atoms with Gasteiger partial charge in [-0.05, 0) is 73.9 Å². The third-order valence-electron chi connectivity index (χ3n) is 4.09. The van der Waals surface area contributed by atoms with E-state index in [0.717, 1.165) is 25.3 Å². The van der Waals surface area contributed by atoms with Crippen molar-refractivity contribution in [3.8, 4) is 11.5 Å². The highest BCUT2D eigenvalue weighted by molar-refractivity contribution is 6.04. The fraction of sp³-hybridized carbons (Fsp3) is 0.208. The van der Waals surface area contributed by atoms with Gasteiger partial charge in [-0.1, -0.05) is 13.2 Å². The first kappa shape index (κ1) is 22.6. The van der Waals surface area contributed by atoms with E-state index in [9.17, 15) is 14.4 Å². The number of hydrogen-bond donors (Lipinski definition) is 0. The van der Waals surface area contributed by atoms with E-state index in [1.54, 1.807) is 48.5 Å². The Morgan fingerprint density at radius 1 is 0.733 bits per heavy atom. The molecule has 0 atom stereocenters. The van der Waals surface area contributed by atoms with Crippen molar-refractivity contribution in [3.05, 3.63) is 85.0 Å². The number of hydrogen-bond acceptors (Lipinski definition) is 6. The Morgan fingerprint density at radius 3 is 1.97 bits per heavy atom. The van der Waals surface area contributed by atoms with Gasteiger partial charge in [0.1, 0.15) is 11.5 Å². The second-order valence-corrected chi connectivity index (χ2v) is 6.29. The molecule has 6 heteroatoms. The molecule has 2 aromatic rings. The number of rotatable bonds is 12. The van der Waals surface area contributed by atoms with Crippen molar-refractivity contribution >= 4 is 17.7 Å². The fourth-order valence-electron chi connectivity index (χ4n) is 2.46. The molecule has 156 valence electrons. The van der Waals surface area contributed by atoms with Crippen LogP contribution in [-0.2, 0) is 9.53 Å². The Kier molecular flexibility index (Phi) is 9.06. The lowest BCUT2D eigenvalue weighted by molar-refractivity contribution is -0.137. The van der Waals surface area contributed by atoms with E-state index >= 15 is 0 Å². The minimum absolute atomic E-state index is 0.195. The van der Waals surface area contributed by atoms with Crippen molar-refractivity contribution in [1.82, 2.24) is 0 Å². The van der Waals surface area contributed by atoms with Gasteiger partial charge in [-0.15, -0.1) is 0 Å². The van der Waals surface area contributed by atoms with Crippen LogP contribution in [0.4, 0.5) is 0 Å². The van der Waals surface area contributed by atoms with Crippen LogP contribution < -0.4 is 9.47 Å². The van der Waals surface area contributed by atoms with Gasteiger partial charge in [0.2, 0.25) is 0 Å². The maximum Gasteiger partial charge on any atom is 0.343 e. The molecule has 0 aliphatic carbocycles. The first-order valence-corrected chi connectivity index (χ1v) is 9.54. The second-order valence-electron chi connectivity index (χ2n) is 6.29. The number of carbonyl (C=O) groups is 3. The molecule has 0 unspecified atom stereocenters. The molecule has 0 bridgehead atoms. The zero-order chi connectivity index (χ0) is 21.8. The lowest BCUT2D eigenvalue weighted by Crippen LogP contribution is -2.08. The van der Waals surface area contributed by atoms with E-state index in [1.165, 1.54) is 6.08 Å². The number of ketones is 1. The standard InChI is InChI=1S/C24H24O6/c1-3-22(25)18-8-14-21(15-9-18)30-24(27)19-10-12-20(13-11-19)28-16-6-5-7-17-29-23(26)4-2/h3-4,8-15H,1-2,5-7,16-17H2. The summed E-state index contributed by atoms with van der Waals surface area (Å²) in [5, 5.41) is 0. The molecule has 0 spiro atoms. The summed E-state index contributed by atoms with van der Waals surface area (Å²) in [7, 11) is 0. The van der Waals surface area contributed by atoms with Crippen LogP contribution in [-0.4, -0.2) is 30.9 Å². The molecule has 2 aromatic carbocycles. The van der Waals surface area contributed by atoms with Crippen molar-refractivity contribution < 1.29 is 28.6 Å². The summed E-state index contributed by atoms with van der Waals surface area (Å²) in [5.74, 6) is -0.112. The van der Waals surface area contributed by atoms with Crippen molar-refractivity contribution in [2.75, 3.05) is 13.2 Å². The average Bonchev–Trinajstić information content (AvgIpc) is 2.78. The molecular formula is C24H24O6. The largest absolute Gasteiger partial charge is 0.494 e. The highest BCUT2D eigenvalue weighted by atomic mass is 16.5. The van der Waals surface area contributed by atoms with Crippen molar-refractivity contribution in [2.24, 2.45) is 0 Å². The van der Waals surface area contributed by atoms with Crippen LogP contribution in [0.2, 0.25) is 0 Å². The molecule has 0 saturated heterocycles. The van der Waals surface area contributed by atoms with Gasteiger partial charge in [0, 0.05) is 11.6 Å².